The van der Waals surface area contributed by atoms with Gasteiger partial charge in [0.15, 0.2) is 0 Å². The van der Waals surface area contributed by atoms with Crippen LogP contribution in [0.25, 0.3) is 0 Å². The molecule has 0 aromatic heterocycles. The van der Waals surface area contributed by atoms with Crippen molar-refractivity contribution in [3.8, 4) is 17.2 Å². The second kappa shape index (κ2) is 11.1. The zero-order chi connectivity index (χ0) is 22.9. The van der Waals surface area contributed by atoms with Crippen molar-refractivity contribution in [1.82, 2.24) is 0 Å². The predicted molar refractivity (Wildman–Crippen MR) is 126 cm³/mol. The van der Waals surface area contributed by atoms with Gasteiger partial charge in [0, 0.05) is 22.3 Å². The maximum atomic E-state index is 12.9. The molecule has 0 aliphatic rings. The molecule has 2 amide bonds. The third kappa shape index (κ3) is 5.95. The molecule has 0 heterocycles. The van der Waals surface area contributed by atoms with E-state index < -0.39 is 0 Å². The number of hydrogen-bond acceptors (Lipinski definition) is 6. The van der Waals surface area contributed by atoms with Gasteiger partial charge in [-0.1, -0.05) is 18.2 Å². The van der Waals surface area contributed by atoms with Gasteiger partial charge in [-0.3, -0.25) is 9.59 Å². The van der Waals surface area contributed by atoms with Crippen molar-refractivity contribution in [3.05, 3.63) is 72.3 Å². The van der Waals surface area contributed by atoms with Crippen molar-refractivity contribution in [3.63, 3.8) is 0 Å². The van der Waals surface area contributed by atoms with E-state index >= 15 is 0 Å². The Balaban J connectivity index is 1.63. The van der Waals surface area contributed by atoms with Crippen LogP contribution >= 0.6 is 11.8 Å². The first-order valence-corrected chi connectivity index (χ1v) is 10.7. The van der Waals surface area contributed by atoms with Crippen LogP contribution in [0, 0.1) is 0 Å². The number of anilines is 2. The van der Waals surface area contributed by atoms with E-state index in [9.17, 15) is 9.59 Å². The maximum absolute atomic E-state index is 12.9. The number of hydrogen-bond donors (Lipinski definition) is 2. The molecule has 0 spiro atoms. The van der Waals surface area contributed by atoms with Crippen molar-refractivity contribution in [2.75, 3.05) is 37.7 Å². The van der Waals surface area contributed by atoms with Gasteiger partial charge in [-0.05, 0) is 42.5 Å². The summed E-state index contributed by atoms with van der Waals surface area (Å²) in [4.78, 5) is 26.0. The van der Waals surface area contributed by atoms with E-state index in [2.05, 4.69) is 10.6 Å². The van der Waals surface area contributed by atoms with Crippen molar-refractivity contribution >= 4 is 35.0 Å². The van der Waals surface area contributed by atoms with Crippen LogP contribution in [-0.2, 0) is 4.79 Å². The molecule has 0 aliphatic heterocycles. The topological polar surface area (TPSA) is 85.9 Å². The summed E-state index contributed by atoms with van der Waals surface area (Å²) in [6, 6.07) is 19.6. The molecule has 3 rings (SSSR count). The van der Waals surface area contributed by atoms with E-state index in [-0.39, 0.29) is 17.6 Å². The lowest BCUT2D eigenvalue weighted by atomic mass is 10.1. The third-order valence-corrected chi connectivity index (χ3v) is 5.46. The lowest BCUT2D eigenvalue weighted by Crippen LogP contribution is -2.15. The lowest BCUT2D eigenvalue weighted by Gasteiger charge is -2.13. The Labute approximate surface area is 191 Å². The molecule has 0 fully saturated rings. The van der Waals surface area contributed by atoms with Gasteiger partial charge in [0.2, 0.25) is 5.91 Å². The van der Waals surface area contributed by atoms with Crippen molar-refractivity contribution < 1.29 is 23.8 Å². The molecule has 0 radical (unpaired) electrons. The van der Waals surface area contributed by atoms with E-state index in [1.165, 1.54) is 26.0 Å². The monoisotopic (exact) mass is 452 g/mol. The number of rotatable bonds is 9. The van der Waals surface area contributed by atoms with Gasteiger partial charge >= 0.3 is 0 Å². The normalized spacial score (nSPS) is 10.2. The van der Waals surface area contributed by atoms with E-state index in [1.807, 2.05) is 30.3 Å². The Morgan fingerprint density at radius 3 is 2.06 bits per heavy atom. The molecule has 0 unspecified atom stereocenters. The molecule has 3 aromatic carbocycles. The fourth-order valence-corrected chi connectivity index (χ4v) is 3.73. The molecule has 0 saturated carbocycles. The predicted octanol–water partition coefficient (Wildman–Crippen LogP) is 4.70. The number of thioether (sulfide) groups is 1. The lowest BCUT2D eigenvalue weighted by molar-refractivity contribution is -0.113. The van der Waals surface area contributed by atoms with Gasteiger partial charge in [0.25, 0.3) is 5.91 Å². The summed E-state index contributed by atoms with van der Waals surface area (Å²) in [7, 11) is 4.57. The first-order chi connectivity index (χ1) is 15.5. The Morgan fingerprint density at radius 2 is 1.41 bits per heavy atom. The summed E-state index contributed by atoms with van der Waals surface area (Å²) in [6.07, 6.45) is 0. The molecule has 166 valence electrons. The number of nitrogens with one attached hydrogen (secondary N) is 2. The summed E-state index contributed by atoms with van der Waals surface area (Å²) in [5.74, 6) is 1.23. The van der Waals surface area contributed by atoms with E-state index in [4.69, 9.17) is 14.2 Å². The number of carbonyl (C=O) groups excluding carboxylic acids is 2. The Kier molecular flexibility index (Phi) is 7.99. The van der Waals surface area contributed by atoms with Crippen molar-refractivity contribution in [1.29, 1.82) is 0 Å². The van der Waals surface area contributed by atoms with Gasteiger partial charge in [0.05, 0.1) is 27.1 Å². The Morgan fingerprint density at radius 1 is 0.781 bits per heavy atom. The van der Waals surface area contributed by atoms with Crippen LogP contribution in [0.1, 0.15) is 10.4 Å². The highest BCUT2D eigenvalue weighted by Crippen LogP contribution is 2.30. The van der Waals surface area contributed by atoms with Crippen molar-refractivity contribution in [2.45, 2.75) is 4.90 Å². The molecular weight excluding hydrogens is 428 g/mol. The smallest absolute Gasteiger partial charge is 0.263 e. The largest absolute Gasteiger partial charge is 0.497 e. The number of ether oxygens (including phenoxy) is 3. The van der Waals surface area contributed by atoms with Gasteiger partial charge < -0.3 is 24.8 Å². The van der Waals surface area contributed by atoms with Crippen LogP contribution in [0.3, 0.4) is 0 Å². The molecule has 7 nitrogen and oxygen atoms in total. The zero-order valence-corrected chi connectivity index (χ0v) is 18.8. The summed E-state index contributed by atoms with van der Waals surface area (Å²) < 4.78 is 15.8. The summed E-state index contributed by atoms with van der Waals surface area (Å²) in [5.41, 5.74) is 1.58. The first-order valence-electron chi connectivity index (χ1n) is 9.73. The minimum Gasteiger partial charge on any atom is -0.497 e. The van der Waals surface area contributed by atoms with Gasteiger partial charge in [-0.25, -0.2) is 0 Å². The second-order valence-corrected chi connectivity index (χ2v) is 7.64. The number of carbonyl (C=O) groups is 2. The number of benzene rings is 3. The van der Waals surface area contributed by atoms with Crippen LogP contribution < -0.4 is 24.8 Å². The highest BCUT2D eigenvalue weighted by atomic mass is 32.2. The molecule has 32 heavy (non-hydrogen) atoms. The fourth-order valence-electron chi connectivity index (χ4n) is 2.98. The molecule has 0 aliphatic carbocycles. The minimum atomic E-state index is -0.350. The van der Waals surface area contributed by atoms with Crippen molar-refractivity contribution in [2.24, 2.45) is 0 Å². The Hall–Kier alpha value is -3.65. The van der Waals surface area contributed by atoms with Gasteiger partial charge in [-0.15, -0.1) is 11.8 Å². The minimum absolute atomic E-state index is 0.142. The third-order valence-electron chi connectivity index (χ3n) is 4.47. The number of amides is 2. The van der Waals surface area contributed by atoms with Crippen LogP contribution in [0.4, 0.5) is 11.4 Å². The molecule has 3 aromatic rings. The molecule has 2 N–H and O–H groups in total. The SMILES string of the molecule is COc1cccc(NC(=O)CSc2cccc(NC(=O)c3c(OC)cccc3OC)c2)c1. The van der Waals surface area contributed by atoms with Crippen LogP contribution in [0.5, 0.6) is 17.2 Å². The standard InChI is InChI=1S/C24H24N2O5S/c1-29-18-9-4-7-16(13-18)25-22(27)15-32-19-10-5-8-17(14-19)26-24(28)23-20(30-2)11-6-12-21(23)31-3/h4-14H,15H2,1-3H3,(H,25,27)(H,26,28). The summed E-state index contributed by atoms with van der Waals surface area (Å²) in [6.45, 7) is 0. The molecule has 8 heteroatoms. The zero-order valence-electron chi connectivity index (χ0n) is 18.0. The van der Waals surface area contributed by atoms with E-state index in [1.54, 1.807) is 43.5 Å². The second-order valence-electron chi connectivity index (χ2n) is 6.59. The fraction of sp³-hybridized carbons (Fsp3) is 0.167. The molecule has 0 bridgehead atoms. The van der Waals surface area contributed by atoms with Crippen LogP contribution in [-0.4, -0.2) is 38.9 Å². The molecule has 0 saturated heterocycles. The molecular formula is C24H24N2O5S. The van der Waals surface area contributed by atoms with E-state index in [0.29, 0.717) is 34.2 Å². The summed E-state index contributed by atoms with van der Waals surface area (Å²) in [5, 5.41) is 5.70. The Bertz CT molecular complexity index is 1080. The highest BCUT2D eigenvalue weighted by molar-refractivity contribution is 8.00. The number of methoxy groups -OCH3 is 3. The molecule has 0 atom stereocenters. The van der Waals surface area contributed by atoms with Crippen LogP contribution in [0.2, 0.25) is 0 Å². The quantitative estimate of drug-likeness (QED) is 0.458. The average molecular weight is 453 g/mol. The maximum Gasteiger partial charge on any atom is 0.263 e. The summed E-state index contributed by atoms with van der Waals surface area (Å²) >= 11 is 1.37. The average Bonchev–Trinajstić information content (AvgIpc) is 2.82. The van der Waals surface area contributed by atoms with Crippen LogP contribution in [0.15, 0.2) is 71.6 Å². The van der Waals surface area contributed by atoms with Gasteiger partial charge in [0.1, 0.15) is 22.8 Å². The first kappa shape index (κ1) is 23.0. The van der Waals surface area contributed by atoms with Gasteiger partial charge in [-0.2, -0.15) is 0 Å². The van der Waals surface area contributed by atoms with E-state index in [0.717, 1.165) is 4.90 Å². The highest BCUT2D eigenvalue weighted by Gasteiger charge is 2.18.